The van der Waals surface area contributed by atoms with Gasteiger partial charge >= 0.3 is 0 Å². The summed E-state index contributed by atoms with van der Waals surface area (Å²) in [5.74, 6) is -6.44. The SMILES string of the molecule is Fc1cc(F)c(F)c(N=C(Cl)Cl)c1F. The average Bonchev–Trinajstić information content (AvgIpc) is 2.09. The van der Waals surface area contributed by atoms with E-state index in [2.05, 4.69) is 4.99 Å². The molecule has 0 bridgehead atoms. The lowest BCUT2D eigenvalue weighted by atomic mass is 10.2. The number of benzene rings is 1. The average molecular weight is 246 g/mol. The molecule has 1 nitrogen and oxygen atoms in total. The lowest BCUT2D eigenvalue weighted by Crippen LogP contribution is -1.94. The molecule has 1 rings (SSSR count). The number of hydrogen-bond acceptors (Lipinski definition) is 1. The van der Waals surface area contributed by atoms with Gasteiger partial charge in [0.05, 0.1) is 0 Å². The fraction of sp³-hybridized carbons (Fsp3) is 0. The van der Waals surface area contributed by atoms with Crippen molar-refractivity contribution in [2.24, 2.45) is 4.99 Å². The molecule has 1 aromatic rings. The lowest BCUT2D eigenvalue weighted by Gasteiger charge is -2.00. The molecule has 0 fully saturated rings. The Balaban J connectivity index is 3.47. The minimum Gasteiger partial charge on any atom is -0.219 e. The van der Waals surface area contributed by atoms with Gasteiger partial charge in [0.25, 0.3) is 0 Å². The second-order valence-corrected chi connectivity index (χ2v) is 3.08. The summed E-state index contributed by atoms with van der Waals surface area (Å²) in [7, 11) is 0. The van der Waals surface area contributed by atoms with E-state index in [0.717, 1.165) is 0 Å². The zero-order chi connectivity index (χ0) is 10.9. The van der Waals surface area contributed by atoms with Crippen LogP contribution in [0.4, 0.5) is 23.2 Å². The molecular weight excluding hydrogens is 245 g/mol. The van der Waals surface area contributed by atoms with E-state index in [1.807, 2.05) is 0 Å². The van der Waals surface area contributed by atoms with E-state index in [9.17, 15) is 17.6 Å². The molecule has 0 aliphatic heterocycles. The summed E-state index contributed by atoms with van der Waals surface area (Å²) >= 11 is 10.00. The van der Waals surface area contributed by atoms with Gasteiger partial charge in [-0.25, -0.2) is 22.6 Å². The van der Waals surface area contributed by atoms with Gasteiger partial charge in [0.1, 0.15) is 5.69 Å². The van der Waals surface area contributed by atoms with Crippen LogP contribution in [-0.2, 0) is 0 Å². The Bertz CT molecular complexity index is 375. The van der Waals surface area contributed by atoms with Crippen LogP contribution >= 0.6 is 23.2 Å². The van der Waals surface area contributed by atoms with Gasteiger partial charge in [-0.05, 0) is 23.2 Å². The quantitative estimate of drug-likeness (QED) is 0.407. The van der Waals surface area contributed by atoms with Gasteiger partial charge in [0, 0.05) is 6.07 Å². The molecule has 0 heterocycles. The Hall–Kier alpha value is -0.810. The van der Waals surface area contributed by atoms with E-state index in [1.54, 1.807) is 0 Å². The fourth-order valence-electron chi connectivity index (χ4n) is 0.743. The molecular formula is C7HCl2F4N. The topological polar surface area (TPSA) is 12.4 Å². The van der Waals surface area contributed by atoms with Crippen molar-refractivity contribution in [1.82, 2.24) is 0 Å². The van der Waals surface area contributed by atoms with Crippen LogP contribution in [0.2, 0.25) is 0 Å². The smallest absolute Gasteiger partial charge is 0.197 e. The minimum atomic E-state index is -1.65. The van der Waals surface area contributed by atoms with Gasteiger partial charge in [-0.15, -0.1) is 0 Å². The number of aliphatic imine (C=N–C) groups is 1. The Morgan fingerprint density at radius 2 is 1.43 bits per heavy atom. The van der Waals surface area contributed by atoms with Crippen LogP contribution in [0.25, 0.3) is 0 Å². The summed E-state index contributed by atoms with van der Waals surface area (Å²) in [5.41, 5.74) is -1.19. The molecule has 0 N–H and O–H groups in total. The van der Waals surface area contributed by atoms with Crippen LogP contribution in [0.3, 0.4) is 0 Å². The predicted octanol–water partition coefficient (Wildman–Crippen LogP) is 3.71. The van der Waals surface area contributed by atoms with Gasteiger partial charge in [0.15, 0.2) is 27.9 Å². The summed E-state index contributed by atoms with van der Waals surface area (Å²) in [4.78, 5) is 2.90. The monoisotopic (exact) mass is 245 g/mol. The first kappa shape index (κ1) is 11.3. The Morgan fingerprint density at radius 1 is 1.00 bits per heavy atom. The highest BCUT2D eigenvalue weighted by atomic mass is 35.5. The normalized spacial score (nSPS) is 10.1. The third-order valence-corrected chi connectivity index (χ3v) is 1.45. The zero-order valence-electron chi connectivity index (χ0n) is 6.29. The predicted molar refractivity (Wildman–Crippen MR) is 45.1 cm³/mol. The first-order chi connectivity index (χ1) is 6.43. The number of rotatable bonds is 1. The van der Waals surface area contributed by atoms with Crippen molar-refractivity contribution in [2.45, 2.75) is 0 Å². The van der Waals surface area contributed by atoms with Gasteiger partial charge in [0.2, 0.25) is 0 Å². The molecule has 0 aromatic heterocycles. The molecule has 0 saturated heterocycles. The highest BCUT2D eigenvalue weighted by Crippen LogP contribution is 2.27. The number of nitrogens with zero attached hydrogens (tertiary/aromatic N) is 1. The van der Waals surface area contributed by atoms with Gasteiger partial charge in [-0.2, -0.15) is 0 Å². The summed E-state index contributed by atoms with van der Waals surface area (Å²) in [6.07, 6.45) is 0. The van der Waals surface area contributed by atoms with Crippen LogP contribution in [0, 0.1) is 23.3 Å². The van der Waals surface area contributed by atoms with Crippen molar-refractivity contribution in [3.8, 4) is 0 Å². The molecule has 0 aliphatic rings. The Morgan fingerprint density at radius 3 is 1.79 bits per heavy atom. The van der Waals surface area contributed by atoms with Crippen LogP contribution < -0.4 is 0 Å². The van der Waals surface area contributed by atoms with Crippen molar-refractivity contribution in [3.05, 3.63) is 29.3 Å². The van der Waals surface area contributed by atoms with E-state index in [0.29, 0.717) is 0 Å². The number of halogens is 6. The molecule has 0 atom stereocenters. The molecule has 0 radical (unpaired) electrons. The first-order valence-electron chi connectivity index (χ1n) is 3.16. The highest BCUT2D eigenvalue weighted by Gasteiger charge is 2.18. The highest BCUT2D eigenvalue weighted by molar-refractivity contribution is 6.95. The van der Waals surface area contributed by atoms with Gasteiger partial charge in [-0.1, -0.05) is 0 Å². The van der Waals surface area contributed by atoms with E-state index in [1.165, 1.54) is 0 Å². The lowest BCUT2D eigenvalue weighted by molar-refractivity contribution is 0.457. The van der Waals surface area contributed by atoms with Crippen molar-refractivity contribution in [2.75, 3.05) is 0 Å². The van der Waals surface area contributed by atoms with Crippen molar-refractivity contribution >= 4 is 33.5 Å². The standard InChI is InChI=1S/C7HCl2F4N/c8-7(9)14-6-4(12)2(10)1-3(11)5(6)13/h1H. The maximum atomic E-state index is 12.8. The largest absolute Gasteiger partial charge is 0.219 e. The maximum Gasteiger partial charge on any atom is 0.197 e. The van der Waals surface area contributed by atoms with Crippen molar-refractivity contribution in [3.63, 3.8) is 0 Å². The van der Waals surface area contributed by atoms with Crippen LogP contribution in [-0.4, -0.2) is 4.63 Å². The summed E-state index contributed by atoms with van der Waals surface area (Å²) in [5, 5.41) is 0. The Labute approximate surface area is 86.0 Å². The van der Waals surface area contributed by atoms with Crippen LogP contribution in [0.15, 0.2) is 11.1 Å². The minimum absolute atomic E-state index is 0.0613. The second-order valence-electron chi connectivity index (χ2n) is 2.17. The van der Waals surface area contributed by atoms with E-state index in [-0.39, 0.29) is 6.07 Å². The summed E-state index contributed by atoms with van der Waals surface area (Å²) in [6, 6.07) is 0.0613. The van der Waals surface area contributed by atoms with E-state index >= 15 is 0 Å². The van der Waals surface area contributed by atoms with E-state index < -0.39 is 33.6 Å². The maximum absolute atomic E-state index is 12.8. The molecule has 0 amide bonds. The van der Waals surface area contributed by atoms with Crippen molar-refractivity contribution in [1.29, 1.82) is 0 Å². The molecule has 1 aromatic carbocycles. The van der Waals surface area contributed by atoms with Crippen LogP contribution in [0.1, 0.15) is 0 Å². The summed E-state index contributed by atoms with van der Waals surface area (Å²) in [6.45, 7) is 0. The second kappa shape index (κ2) is 4.14. The Kier molecular flexibility index (Phi) is 3.34. The van der Waals surface area contributed by atoms with Gasteiger partial charge in [-0.3, -0.25) is 0 Å². The molecule has 0 spiro atoms. The molecule has 0 saturated carbocycles. The molecule has 7 heteroatoms. The first-order valence-corrected chi connectivity index (χ1v) is 3.91. The molecule has 0 aliphatic carbocycles. The van der Waals surface area contributed by atoms with Crippen molar-refractivity contribution < 1.29 is 17.6 Å². The molecule has 0 unspecified atom stereocenters. The third kappa shape index (κ3) is 2.16. The molecule has 76 valence electrons. The third-order valence-electron chi connectivity index (χ3n) is 1.28. The summed E-state index contributed by atoms with van der Waals surface area (Å²) < 4.78 is 49.9. The zero-order valence-corrected chi connectivity index (χ0v) is 7.80. The van der Waals surface area contributed by atoms with E-state index in [4.69, 9.17) is 23.2 Å². The molecule has 14 heavy (non-hydrogen) atoms. The number of hydrogen-bond donors (Lipinski definition) is 0. The fourth-order valence-corrected chi connectivity index (χ4v) is 0.912. The van der Waals surface area contributed by atoms with Gasteiger partial charge < -0.3 is 0 Å². The van der Waals surface area contributed by atoms with Crippen LogP contribution in [0.5, 0.6) is 0 Å².